The monoisotopic (exact) mass is 496 g/mol. The van der Waals surface area contributed by atoms with Gasteiger partial charge < -0.3 is 14.1 Å². The first-order valence-electron chi connectivity index (χ1n) is 10.7. The number of ether oxygens (including phenoxy) is 1. The average Bonchev–Trinajstić information content (AvgIpc) is 3.42. The predicted molar refractivity (Wildman–Crippen MR) is 122 cm³/mol. The number of furan rings is 1. The smallest absolute Gasteiger partial charge is 0.289 e. The molecule has 0 unspecified atom stereocenters. The molecule has 180 valence electrons. The van der Waals surface area contributed by atoms with Gasteiger partial charge in [0.15, 0.2) is 25.4 Å². The van der Waals surface area contributed by atoms with Gasteiger partial charge in [0.05, 0.1) is 35.0 Å². The van der Waals surface area contributed by atoms with Crippen LogP contribution >= 0.6 is 0 Å². The number of benzene rings is 1. The highest BCUT2D eigenvalue weighted by molar-refractivity contribution is 7.96. The van der Waals surface area contributed by atoms with Crippen LogP contribution in [0, 0.1) is 13.8 Å². The number of hydrogen-bond donors (Lipinski definition) is 0. The Morgan fingerprint density at radius 2 is 1.79 bits per heavy atom. The highest BCUT2D eigenvalue weighted by atomic mass is 32.2. The Balaban J connectivity index is 1.58. The number of amides is 1. The molecular weight excluding hydrogens is 468 g/mol. The predicted octanol–water partition coefficient (Wildman–Crippen LogP) is 1.30. The lowest BCUT2D eigenvalue weighted by Gasteiger charge is -2.39. The summed E-state index contributed by atoms with van der Waals surface area (Å²) < 4.78 is 62.9. The Bertz CT molecular complexity index is 1250. The number of methoxy groups -OCH3 is 1. The van der Waals surface area contributed by atoms with E-state index in [1.807, 2.05) is 4.90 Å². The molecule has 4 rings (SSSR count). The minimum absolute atomic E-state index is 0.138. The van der Waals surface area contributed by atoms with Crippen molar-refractivity contribution in [2.24, 2.45) is 0 Å². The van der Waals surface area contributed by atoms with Crippen molar-refractivity contribution in [2.75, 3.05) is 44.8 Å². The van der Waals surface area contributed by atoms with Gasteiger partial charge in [-0.1, -0.05) is 0 Å². The van der Waals surface area contributed by atoms with E-state index in [2.05, 4.69) is 0 Å². The summed E-state index contributed by atoms with van der Waals surface area (Å²) in [6, 6.07) is 5.80. The number of aryl methyl sites for hydroxylation is 2. The van der Waals surface area contributed by atoms with Crippen molar-refractivity contribution >= 4 is 25.6 Å². The van der Waals surface area contributed by atoms with E-state index in [0.29, 0.717) is 43.1 Å². The Hall–Kier alpha value is -2.37. The van der Waals surface area contributed by atoms with Gasteiger partial charge in [-0.2, -0.15) is 0 Å². The van der Waals surface area contributed by atoms with Crippen LogP contribution in [0.1, 0.15) is 21.7 Å². The van der Waals surface area contributed by atoms with Gasteiger partial charge in [-0.3, -0.25) is 9.69 Å². The summed E-state index contributed by atoms with van der Waals surface area (Å²) in [7, 11) is -5.93. The lowest BCUT2D eigenvalue weighted by Crippen LogP contribution is -2.55. The number of carbonyl (C=O) groups excluding carboxylic acids is 1. The third-order valence-electron chi connectivity index (χ3n) is 6.47. The molecule has 0 N–H and O–H groups in total. The van der Waals surface area contributed by atoms with Gasteiger partial charge >= 0.3 is 0 Å². The molecule has 2 atom stereocenters. The maximum absolute atomic E-state index is 13.7. The fraction of sp³-hybridized carbons (Fsp3) is 0.500. The van der Waals surface area contributed by atoms with Crippen LogP contribution < -0.4 is 4.74 Å². The summed E-state index contributed by atoms with van der Waals surface area (Å²) in [6.07, 6.45) is 1.44. The standard InChI is InChI=1S/C22H28N2O7S2/c1-15-12-20(16(2)11-19(15)30-3)33(28,29)21-14-32(26,27)13-17(21)23-6-8-24(9-7-23)22(25)18-5-4-10-31-18/h4-5,10-12,17,21H,6-9,13-14H2,1-3H3/t17-,21-/m0/s1. The Kier molecular flexibility index (Phi) is 6.32. The fourth-order valence-corrected chi connectivity index (χ4v) is 9.84. The molecule has 2 aliphatic heterocycles. The third kappa shape index (κ3) is 4.53. The van der Waals surface area contributed by atoms with Crippen LogP contribution in [0.3, 0.4) is 0 Å². The van der Waals surface area contributed by atoms with E-state index >= 15 is 0 Å². The number of carbonyl (C=O) groups is 1. The zero-order valence-electron chi connectivity index (χ0n) is 18.9. The molecule has 1 amide bonds. The van der Waals surface area contributed by atoms with Crippen LogP contribution in [0.4, 0.5) is 0 Å². The largest absolute Gasteiger partial charge is 0.496 e. The highest BCUT2D eigenvalue weighted by Gasteiger charge is 2.49. The SMILES string of the molecule is COc1cc(C)c(S(=O)(=O)[C@H]2CS(=O)(=O)C[C@@H]2N2CCN(C(=O)c3ccco3)CC2)cc1C. The first kappa shape index (κ1) is 23.8. The molecule has 1 aromatic carbocycles. The van der Waals surface area contributed by atoms with Crippen molar-refractivity contribution in [2.45, 2.75) is 30.0 Å². The fourth-order valence-electron chi connectivity index (χ4n) is 4.70. The summed E-state index contributed by atoms with van der Waals surface area (Å²) in [5, 5.41) is -1.07. The van der Waals surface area contributed by atoms with Gasteiger partial charge in [0, 0.05) is 32.2 Å². The molecule has 2 saturated heterocycles. The van der Waals surface area contributed by atoms with Crippen LogP contribution in [0.5, 0.6) is 5.75 Å². The van der Waals surface area contributed by atoms with E-state index in [0.717, 1.165) is 0 Å². The van der Waals surface area contributed by atoms with Crippen LogP contribution in [-0.2, 0) is 19.7 Å². The summed E-state index contributed by atoms with van der Waals surface area (Å²) in [6.45, 7) is 4.95. The number of sulfone groups is 2. The van der Waals surface area contributed by atoms with Crippen LogP contribution in [-0.4, -0.2) is 88.6 Å². The van der Waals surface area contributed by atoms with Gasteiger partial charge in [-0.25, -0.2) is 16.8 Å². The molecule has 11 heteroatoms. The number of rotatable bonds is 5. The molecule has 33 heavy (non-hydrogen) atoms. The normalized spacial score (nSPS) is 23.5. The van der Waals surface area contributed by atoms with E-state index < -0.39 is 36.7 Å². The molecule has 1 aromatic heterocycles. The van der Waals surface area contributed by atoms with Crippen LogP contribution in [0.2, 0.25) is 0 Å². The van der Waals surface area contributed by atoms with Gasteiger partial charge in [0.1, 0.15) is 5.75 Å². The van der Waals surface area contributed by atoms with Crippen LogP contribution in [0.15, 0.2) is 39.8 Å². The first-order chi connectivity index (χ1) is 15.5. The molecular formula is C22H28N2O7S2. The molecule has 9 nitrogen and oxygen atoms in total. The maximum atomic E-state index is 13.7. The second-order valence-electron chi connectivity index (χ2n) is 8.62. The van der Waals surface area contributed by atoms with Crippen molar-refractivity contribution in [1.29, 1.82) is 0 Å². The van der Waals surface area contributed by atoms with Gasteiger partial charge in [0.2, 0.25) is 0 Å². The number of piperazine rings is 1. The maximum Gasteiger partial charge on any atom is 0.289 e. The van der Waals surface area contributed by atoms with E-state index in [1.165, 1.54) is 13.4 Å². The molecule has 0 aliphatic carbocycles. The van der Waals surface area contributed by atoms with Crippen molar-refractivity contribution < 1.29 is 30.8 Å². The summed E-state index contributed by atoms with van der Waals surface area (Å²) >= 11 is 0. The van der Waals surface area contributed by atoms with E-state index in [-0.39, 0.29) is 22.3 Å². The highest BCUT2D eigenvalue weighted by Crippen LogP contribution is 2.33. The van der Waals surface area contributed by atoms with Crippen molar-refractivity contribution in [3.63, 3.8) is 0 Å². The minimum Gasteiger partial charge on any atom is -0.496 e. The molecule has 2 aliphatic rings. The zero-order valence-corrected chi connectivity index (χ0v) is 20.5. The molecule has 0 spiro atoms. The van der Waals surface area contributed by atoms with Crippen molar-refractivity contribution in [3.8, 4) is 5.75 Å². The molecule has 2 aromatic rings. The van der Waals surface area contributed by atoms with Crippen molar-refractivity contribution in [1.82, 2.24) is 9.80 Å². The van der Waals surface area contributed by atoms with Crippen molar-refractivity contribution in [3.05, 3.63) is 47.4 Å². The van der Waals surface area contributed by atoms with Gasteiger partial charge in [0.25, 0.3) is 5.91 Å². The summed E-state index contributed by atoms with van der Waals surface area (Å²) in [5.41, 5.74) is 1.19. The van der Waals surface area contributed by atoms with Crippen LogP contribution in [0.25, 0.3) is 0 Å². The van der Waals surface area contributed by atoms with E-state index in [1.54, 1.807) is 43.0 Å². The van der Waals surface area contributed by atoms with E-state index in [4.69, 9.17) is 9.15 Å². The first-order valence-corrected chi connectivity index (χ1v) is 14.1. The summed E-state index contributed by atoms with van der Waals surface area (Å²) in [5.74, 6) is -0.0166. The van der Waals surface area contributed by atoms with E-state index in [9.17, 15) is 21.6 Å². The topological polar surface area (TPSA) is 114 Å². The Morgan fingerprint density at radius 3 is 2.39 bits per heavy atom. The average molecular weight is 497 g/mol. The Labute approximate surface area is 194 Å². The quantitative estimate of drug-likeness (QED) is 0.609. The molecule has 2 fully saturated rings. The molecule has 3 heterocycles. The summed E-state index contributed by atoms with van der Waals surface area (Å²) in [4.78, 5) is 16.2. The molecule has 0 bridgehead atoms. The zero-order chi connectivity index (χ0) is 24.0. The lowest BCUT2D eigenvalue weighted by molar-refractivity contribution is 0.0560. The second-order valence-corrected chi connectivity index (χ2v) is 12.9. The third-order valence-corrected chi connectivity index (χ3v) is 10.7. The Morgan fingerprint density at radius 1 is 1.09 bits per heavy atom. The number of hydrogen-bond acceptors (Lipinski definition) is 8. The van der Waals surface area contributed by atoms with Gasteiger partial charge in [-0.05, 0) is 49.2 Å². The van der Waals surface area contributed by atoms with Gasteiger partial charge in [-0.15, -0.1) is 0 Å². The lowest BCUT2D eigenvalue weighted by atomic mass is 10.1. The second kappa shape index (κ2) is 8.77. The minimum atomic E-state index is -3.92. The molecule has 0 saturated carbocycles. The number of nitrogens with zero attached hydrogens (tertiary/aromatic N) is 2. The molecule has 0 radical (unpaired) electrons.